The van der Waals surface area contributed by atoms with Crippen molar-refractivity contribution in [3.63, 3.8) is 0 Å². The van der Waals surface area contributed by atoms with Crippen LogP contribution in [0.5, 0.6) is 11.5 Å². The van der Waals surface area contributed by atoms with Crippen LogP contribution in [0.3, 0.4) is 0 Å². The smallest absolute Gasteiger partial charge is 0.242 e. The number of amides is 2. The topological polar surface area (TPSA) is 67.9 Å². The van der Waals surface area contributed by atoms with E-state index >= 15 is 0 Å². The molecule has 1 fully saturated rings. The minimum Gasteiger partial charge on any atom is -0.497 e. The summed E-state index contributed by atoms with van der Waals surface area (Å²) in [4.78, 5) is 27.4. The summed E-state index contributed by atoms with van der Waals surface area (Å²) in [6, 6.07) is 14.4. The molecule has 1 saturated carbocycles. The fourth-order valence-corrected chi connectivity index (χ4v) is 2.91. The van der Waals surface area contributed by atoms with Crippen molar-refractivity contribution in [1.29, 1.82) is 0 Å². The van der Waals surface area contributed by atoms with E-state index in [9.17, 15) is 9.59 Å². The molecule has 1 aliphatic rings. The van der Waals surface area contributed by atoms with Gasteiger partial charge >= 0.3 is 0 Å². The zero-order valence-corrected chi connectivity index (χ0v) is 15.1. The maximum absolute atomic E-state index is 12.9. The zero-order valence-electron chi connectivity index (χ0n) is 15.1. The Kier molecular flexibility index (Phi) is 4.84. The molecule has 0 aliphatic heterocycles. The first kappa shape index (κ1) is 17.8. The summed E-state index contributed by atoms with van der Waals surface area (Å²) in [5.74, 6) is 0.581. The summed E-state index contributed by atoms with van der Waals surface area (Å²) >= 11 is 0. The third-order valence-electron chi connectivity index (χ3n) is 4.70. The molecule has 0 aromatic heterocycles. The minimum absolute atomic E-state index is 0.205. The molecule has 0 unspecified atom stereocenters. The number of benzene rings is 2. The van der Waals surface area contributed by atoms with Crippen LogP contribution in [0.25, 0.3) is 0 Å². The predicted molar refractivity (Wildman–Crippen MR) is 99.7 cm³/mol. The molecule has 6 nitrogen and oxygen atoms in total. The average Bonchev–Trinajstić information content (AvgIpc) is 3.49. The van der Waals surface area contributed by atoms with Gasteiger partial charge in [0.25, 0.3) is 0 Å². The number of para-hydroxylation sites is 1. The SMILES string of the molecule is COc1ccc(OC)c(NC(=O)C2(C(=O)N(C)c3ccccc3)CC2)c1. The first-order chi connectivity index (χ1) is 12.5. The van der Waals surface area contributed by atoms with Gasteiger partial charge in [0, 0.05) is 18.8 Å². The predicted octanol–water partition coefficient (Wildman–Crippen LogP) is 3.09. The molecule has 3 rings (SSSR count). The number of methoxy groups -OCH3 is 2. The molecular formula is C20H22N2O4. The van der Waals surface area contributed by atoms with Gasteiger partial charge in [-0.3, -0.25) is 9.59 Å². The summed E-state index contributed by atoms with van der Waals surface area (Å²) in [6.07, 6.45) is 1.06. The number of ether oxygens (including phenoxy) is 2. The van der Waals surface area contributed by atoms with E-state index in [1.165, 1.54) is 12.0 Å². The largest absolute Gasteiger partial charge is 0.497 e. The third kappa shape index (κ3) is 3.22. The number of carbonyl (C=O) groups is 2. The van der Waals surface area contributed by atoms with Gasteiger partial charge in [0.2, 0.25) is 11.8 Å². The number of carbonyl (C=O) groups excluding carboxylic acids is 2. The molecule has 0 heterocycles. The third-order valence-corrected chi connectivity index (χ3v) is 4.70. The second-order valence-corrected chi connectivity index (χ2v) is 6.30. The van der Waals surface area contributed by atoms with Gasteiger partial charge in [-0.15, -0.1) is 0 Å². The molecule has 2 amide bonds. The van der Waals surface area contributed by atoms with Gasteiger partial charge < -0.3 is 19.7 Å². The van der Waals surface area contributed by atoms with E-state index in [1.807, 2.05) is 30.3 Å². The van der Waals surface area contributed by atoms with Crippen LogP contribution in [-0.2, 0) is 9.59 Å². The number of hydrogen-bond donors (Lipinski definition) is 1. The summed E-state index contributed by atoms with van der Waals surface area (Å²) in [7, 11) is 4.77. The second kappa shape index (κ2) is 7.07. The lowest BCUT2D eigenvalue weighted by atomic mass is 10.0. The highest BCUT2D eigenvalue weighted by molar-refractivity contribution is 6.17. The van der Waals surface area contributed by atoms with Crippen LogP contribution >= 0.6 is 0 Å². The standard InChI is InChI=1S/C20H22N2O4/c1-22(14-7-5-4-6-8-14)19(24)20(11-12-20)18(23)21-16-13-15(25-2)9-10-17(16)26-3/h4-10,13H,11-12H2,1-3H3,(H,21,23). The monoisotopic (exact) mass is 354 g/mol. The van der Waals surface area contributed by atoms with Crippen molar-refractivity contribution in [2.24, 2.45) is 5.41 Å². The summed E-state index contributed by atoms with van der Waals surface area (Å²) in [5.41, 5.74) is 0.215. The molecule has 2 aromatic rings. The van der Waals surface area contributed by atoms with Crippen LogP contribution in [0.15, 0.2) is 48.5 Å². The van der Waals surface area contributed by atoms with Crippen molar-refractivity contribution in [2.45, 2.75) is 12.8 Å². The van der Waals surface area contributed by atoms with E-state index in [2.05, 4.69) is 5.32 Å². The maximum Gasteiger partial charge on any atom is 0.242 e. The summed E-state index contributed by atoms with van der Waals surface area (Å²) in [5, 5.41) is 2.83. The highest BCUT2D eigenvalue weighted by Crippen LogP contribution is 2.49. The Bertz CT molecular complexity index is 816. The van der Waals surface area contributed by atoms with Gasteiger partial charge in [-0.1, -0.05) is 18.2 Å². The summed E-state index contributed by atoms with van der Waals surface area (Å²) in [6.45, 7) is 0. The van der Waals surface area contributed by atoms with Gasteiger partial charge in [-0.05, 0) is 37.1 Å². The van der Waals surface area contributed by atoms with Crippen molar-refractivity contribution in [1.82, 2.24) is 0 Å². The lowest BCUT2D eigenvalue weighted by molar-refractivity contribution is -0.132. The minimum atomic E-state index is -1.03. The van der Waals surface area contributed by atoms with Crippen molar-refractivity contribution < 1.29 is 19.1 Å². The number of nitrogens with one attached hydrogen (secondary N) is 1. The fraction of sp³-hybridized carbons (Fsp3) is 0.300. The molecular weight excluding hydrogens is 332 g/mol. The van der Waals surface area contributed by atoms with Crippen LogP contribution in [0.2, 0.25) is 0 Å². The Balaban J connectivity index is 1.80. The second-order valence-electron chi connectivity index (χ2n) is 6.30. The first-order valence-electron chi connectivity index (χ1n) is 8.38. The highest BCUT2D eigenvalue weighted by Gasteiger charge is 2.57. The molecule has 1 aliphatic carbocycles. The maximum atomic E-state index is 12.9. The van der Waals surface area contributed by atoms with Gasteiger partial charge in [-0.2, -0.15) is 0 Å². The highest BCUT2D eigenvalue weighted by atomic mass is 16.5. The molecule has 0 saturated heterocycles. The molecule has 1 N–H and O–H groups in total. The Morgan fingerprint density at radius 1 is 1.04 bits per heavy atom. The Morgan fingerprint density at radius 3 is 2.31 bits per heavy atom. The van der Waals surface area contributed by atoms with Crippen LogP contribution in [-0.4, -0.2) is 33.1 Å². The van der Waals surface area contributed by atoms with Crippen LogP contribution in [0, 0.1) is 5.41 Å². The lowest BCUT2D eigenvalue weighted by Crippen LogP contribution is -2.41. The number of rotatable bonds is 6. The average molecular weight is 354 g/mol. The van der Waals surface area contributed by atoms with Crippen LogP contribution in [0.1, 0.15) is 12.8 Å². The van der Waals surface area contributed by atoms with Crippen molar-refractivity contribution in [2.75, 3.05) is 31.5 Å². The summed E-state index contributed by atoms with van der Waals surface area (Å²) < 4.78 is 10.5. The molecule has 136 valence electrons. The van der Waals surface area contributed by atoms with Gasteiger partial charge in [0.15, 0.2) is 0 Å². The van der Waals surface area contributed by atoms with Crippen molar-refractivity contribution in [3.8, 4) is 11.5 Å². The van der Waals surface area contributed by atoms with Gasteiger partial charge in [0.05, 0.1) is 19.9 Å². The molecule has 0 spiro atoms. The van der Waals surface area contributed by atoms with E-state index in [0.717, 1.165) is 5.69 Å². The normalized spacial score (nSPS) is 14.3. The lowest BCUT2D eigenvalue weighted by Gasteiger charge is -2.23. The van der Waals surface area contributed by atoms with E-state index in [-0.39, 0.29) is 11.8 Å². The van der Waals surface area contributed by atoms with Gasteiger partial charge in [0.1, 0.15) is 16.9 Å². The Labute approximate surface area is 152 Å². The first-order valence-corrected chi connectivity index (χ1v) is 8.38. The van der Waals surface area contributed by atoms with Crippen LogP contribution < -0.4 is 19.7 Å². The zero-order chi connectivity index (χ0) is 18.7. The fourth-order valence-electron chi connectivity index (χ4n) is 2.91. The molecule has 2 aromatic carbocycles. The van der Waals surface area contributed by atoms with Crippen LogP contribution in [0.4, 0.5) is 11.4 Å². The Hall–Kier alpha value is -3.02. The molecule has 0 atom stereocenters. The number of anilines is 2. The quantitative estimate of drug-likeness (QED) is 0.810. The van der Waals surface area contributed by atoms with E-state index in [1.54, 1.807) is 32.4 Å². The van der Waals surface area contributed by atoms with E-state index in [4.69, 9.17) is 9.47 Å². The van der Waals surface area contributed by atoms with Gasteiger partial charge in [-0.25, -0.2) is 0 Å². The Morgan fingerprint density at radius 2 is 1.73 bits per heavy atom. The molecule has 26 heavy (non-hydrogen) atoms. The van der Waals surface area contributed by atoms with E-state index in [0.29, 0.717) is 30.0 Å². The number of nitrogens with zero attached hydrogens (tertiary/aromatic N) is 1. The van der Waals surface area contributed by atoms with Crippen molar-refractivity contribution in [3.05, 3.63) is 48.5 Å². The van der Waals surface area contributed by atoms with Crippen molar-refractivity contribution >= 4 is 23.2 Å². The van der Waals surface area contributed by atoms with E-state index < -0.39 is 5.41 Å². The molecule has 6 heteroatoms. The number of hydrogen-bond acceptors (Lipinski definition) is 4. The molecule has 0 bridgehead atoms. The molecule has 0 radical (unpaired) electrons.